The first kappa shape index (κ1) is 16.0. The van der Waals surface area contributed by atoms with Gasteiger partial charge >= 0.3 is 0 Å². The van der Waals surface area contributed by atoms with E-state index in [1.807, 2.05) is 6.92 Å². The molecular weight excluding hydrogens is 292 g/mol. The highest BCUT2D eigenvalue weighted by Gasteiger charge is 2.25. The zero-order chi connectivity index (χ0) is 15.6. The van der Waals surface area contributed by atoms with Crippen LogP contribution in [0.15, 0.2) is 12.1 Å². The maximum Gasteiger partial charge on any atom is 0.288 e. The average molecular weight is 313 g/mol. The van der Waals surface area contributed by atoms with Crippen LogP contribution in [0.2, 0.25) is 5.02 Å². The standard InChI is InChI=1S/C15H21ClN2O3/c1-9(2)15-7-11(4-5-21-15)17-13-8-12(16)14(18(19)20)6-10(13)3/h6,8-9,11,15,17H,4-5,7H2,1-3H3. The molecule has 0 bridgehead atoms. The van der Waals surface area contributed by atoms with E-state index in [0.717, 1.165) is 30.7 Å². The normalized spacial score (nSPS) is 22.3. The summed E-state index contributed by atoms with van der Waals surface area (Å²) in [7, 11) is 0. The molecule has 116 valence electrons. The monoisotopic (exact) mass is 312 g/mol. The number of rotatable bonds is 4. The van der Waals surface area contributed by atoms with Gasteiger partial charge in [-0.1, -0.05) is 25.4 Å². The molecule has 0 radical (unpaired) electrons. The third-order valence-electron chi connectivity index (χ3n) is 3.91. The van der Waals surface area contributed by atoms with Crippen LogP contribution in [0.1, 0.15) is 32.3 Å². The smallest absolute Gasteiger partial charge is 0.288 e. The van der Waals surface area contributed by atoms with Crippen molar-refractivity contribution < 1.29 is 9.66 Å². The highest BCUT2D eigenvalue weighted by Crippen LogP contribution is 2.32. The number of anilines is 1. The van der Waals surface area contributed by atoms with E-state index in [0.29, 0.717) is 12.0 Å². The van der Waals surface area contributed by atoms with E-state index < -0.39 is 4.92 Å². The molecule has 1 N–H and O–H groups in total. The molecule has 6 heteroatoms. The summed E-state index contributed by atoms with van der Waals surface area (Å²) in [6, 6.07) is 3.47. The second kappa shape index (κ2) is 6.62. The van der Waals surface area contributed by atoms with Crippen molar-refractivity contribution >= 4 is 23.0 Å². The van der Waals surface area contributed by atoms with Crippen molar-refractivity contribution in [2.45, 2.75) is 45.8 Å². The van der Waals surface area contributed by atoms with E-state index in [-0.39, 0.29) is 16.8 Å². The van der Waals surface area contributed by atoms with Crippen molar-refractivity contribution in [3.8, 4) is 0 Å². The molecule has 0 aliphatic carbocycles. The molecule has 1 aromatic rings. The van der Waals surface area contributed by atoms with E-state index in [4.69, 9.17) is 16.3 Å². The average Bonchev–Trinajstić information content (AvgIpc) is 2.42. The Morgan fingerprint density at radius 1 is 1.48 bits per heavy atom. The molecule has 0 aromatic heterocycles. The molecule has 1 aromatic carbocycles. The predicted molar refractivity (Wildman–Crippen MR) is 84.1 cm³/mol. The van der Waals surface area contributed by atoms with Gasteiger partial charge in [0, 0.05) is 24.4 Å². The molecule has 1 saturated heterocycles. The maximum absolute atomic E-state index is 10.9. The lowest BCUT2D eigenvalue weighted by Crippen LogP contribution is -2.36. The van der Waals surface area contributed by atoms with E-state index in [9.17, 15) is 10.1 Å². The summed E-state index contributed by atoms with van der Waals surface area (Å²) in [6.07, 6.45) is 2.12. The fourth-order valence-corrected chi connectivity index (χ4v) is 2.84. The van der Waals surface area contributed by atoms with Gasteiger partial charge in [-0.05, 0) is 37.3 Å². The number of nitrogens with one attached hydrogen (secondary N) is 1. The van der Waals surface area contributed by atoms with Gasteiger partial charge in [-0.25, -0.2) is 0 Å². The molecule has 2 unspecified atom stereocenters. The third kappa shape index (κ3) is 3.86. The largest absolute Gasteiger partial charge is 0.382 e. The number of hydrogen-bond donors (Lipinski definition) is 1. The quantitative estimate of drug-likeness (QED) is 0.669. The minimum atomic E-state index is -0.456. The molecule has 2 atom stereocenters. The Hall–Kier alpha value is -1.33. The first-order valence-electron chi connectivity index (χ1n) is 7.21. The molecule has 5 nitrogen and oxygen atoms in total. The van der Waals surface area contributed by atoms with Crippen LogP contribution in [0.25, 0.3) is 0 Å². The van der Waals surface area contributed by atoms with Crippen LogP contribution < -0.4 is 5.32 Å². The highest BCUT2D eigenvalue weighted by atomic mass is 35.5. The maximum atomic E-state index is 10.9. The first-order chi connectivity index (χ1) is 9.88. The zero-order valence-electron chi connectivity index (χ0n) is 12.6. The summed E-state index contributed by atoms with van der Waals surface area (Å²) in [5.74, 6) is 0.483. The number of halogens is 1. The minimum Gasteiger partial charge on any atom is -0.382 e. The minimum absolute atomic E-state index is 0.0493. The van der Waals surface area contributed by atoms with Gasteiger partial charge < -0.3 is 10.1 Å². The van der Waals surface area contributed by atoms with Crippen molar-refractivity contribution in [1.29, 1.82) is 0 Å². The van der Waals surface area contributed by atoms with Crippen LogP contribution >= 0.6 is 11.6 Å². The van der Waals surface area contributed by atoms with Gasteiger partial charge in [0.1, 0.15) is 5.02 Å². The number of ether oxygens (including phenoxy) is 1. The second-order valence-corrected chi connectivity index (χ2v) is 6.30. The van der Waals surface area contributed by atoms with Crippen LogP contribution in [-0.2, 0) is 4.74 Å². The van der Waals surface area contributed by atoms with Crippen LogP contribution in [0.4, 0.5) is 11.4 Å². The van der Waals surface area contributed by atoms with Crippen molar-refractivity contribution in [2.75, 3.05) is 11.9 Å². The molecule has 1 heterocycles. The molecule has 21 heavy (non-hydrogen) atoms. The Kier molecular flexibility index (Phi) is 5.06. The molecule has 1 fully saturated rings. The predicted octanol–water partition coefficient (Wildman–Crippen LogP) is 4.17. The Bertz CT molecular complexity index is 534. The van der Waals surface area contributed by atoms with Crippen molar-refractivity contribution in [2.24, 2.45) is 5.92 Å². The van der Waals surface area contributed by atoms with Gasteiger partial charge in [0.25, 0.3) is 5.69 Å². The lowest BCUT2D eigenvalue weighted by molar-refractivity contribution is -0.384. The fourth-order valence-electron chi connectivity index (χ4n) is 2.61. The van der Waals surface area contributed by atoms with Gasteiger partial charge in [-0.15, -0.1) is 0 Å². The molecule has 2 rings (SSSR count). The number of aryl methyl sites for hydroxylation is 1. The van der Waals surface area contributed by atoms with Gasteiger partial charge in [0.2, 0.25) is 0 Å². The van der Waals surface area contributed by atoms with Crippen LogP contribution in [0.3, 0.4) is 0 Å². The molecular formula is C15H21ClN2O3. The summed E-state index contributed by atoms with van der Waals surface area (Å²) in [5.41, 5.74) is 1.64. The summed E-state index contributed by atoms with van der Waals surface area (Å²) in [6.45, 7) is 6.90. The van der Waals surface area contributed by atoms with E-state index in [1.165, 1.54) is 6.07 Å². The number of hydrogen-bond acceptors (Lipinski definition) is 4. The summed E-state index contributed by atoms with van der Waals surface area (Å²) in [5, 5.41) is 14.5. The van der Waals surface area contributed by atoms with Gasteiger partial charge in [0.15, 0.2) is 0 Å². The summed E-state index contributed by atoms with van der Waals surface area (Å²) in [4.78, 5) is 10.4. The topological polar surface area (TPSA) is 64.4 Å². The second-order valence-electron chi connectivity index (χ2n) is 5.89. The molecule has 0 saturated carbocycles. The number of nitro benzene ring substituents is 1. The number of nitrogens with zero attached hydrogens (tertiary/aromatic N) is 1. The van der Waals surface area contributed by atoms with Crippen LogP contribution in [0.5, 0.6) is 0 Å². The lowest BCUT2D eigenvalue weighted by Gasteiger charge is -2.33. The molecule has 0 spiro atoms. The Morgan fingerprint density at radius 2 is 2.19 bits per heavy atom. The molecule has 1 aliphatic rings. The van der Waals surface area contributed by atoms with E-state index in [2.05, 4.69) is 19.2 Å². The van der Waals surface area contributed by atoms with Crippen molar-refractivity contribution in [3.63, 3.8) is 0 Å². The summed E-state index contributed by atoms with van der Waals surface area (Å²) >= 11 is 5.99. The van der Waals surface area contributed by atoms with Crippen LogP contribution in [-0.4, -0.2) is 23.7 Å². The Balaban J connectivity index is 2.12. The summed E-state index contributed by atoms with van der Waals surface area (Å²) < 4.78 is 5.76. The SMILES string of the molecule is Cc1cc([N+](=O)[O-])c(Cl)cc1NC1CCOC(C(C)C)C1. The van der Waals surface area contributed by atoms with E-state index >= 15 is 0 Å². The first-order valence-corrected chi connectivity index (χ1v) is 7.59. The van der Waals surface area contributed by atoms with E-state index in [1.54, 1.807) is 6.07 Å². The Morgan fingerprint density at radius 3 is 2.81 bits per heavy atom. The van der Waals surface area contributed by atoms with Gasteiger partial charge in [-0.3, -0.25) is 10.1 Å². The highest BCUT2D eigenvalue weighted by molar-refractivity contribution is 6.33. The third-order valence-corrected chi connectivity index (χ3v) is 4.21. The Labute approximate surface area is 129 Å². The zero-order valence-corrected chi connectivity index (χ0v) is 13.3. The molecule has 0 amide bonds. The van der Waals surface area contributed by atoms with Gasteiger partial charge in [-0.2, -0.15) is 0 Å². The van der Waals surface area contributed by atoms with Gasteiger partial charge in [0.05, 0.1) is 11.0 Å². The van der Waals surface area contributed by atoms with Crippen molar-refractivity contribution in [1.82, 2.24) is 0 Å². The number of nitro groups is 1. The fraction of sp³-hybridized carbons (Fsp3) is 0.600. The van der Waals surface area contributed by atoms with Crippen molar-refractivity contribution in [3.05, 3.63) is 32.8 Å². The lowest BCUT2D eigenvalue weighted by atomic mass is 9.95. The van der Waals surface area contributed by atoms with Crippen LogP contribution in [0, 0.1) is 23.0 Å². The molecule has 1 aliphatic heterocycles. The number of benzene rings is 1.